The Morgan fingerprint density at radius 1 is 1.33 bits per heavy atom. The second-order valence-electron chi connectivity index (χ2n) is 5.17. The van der Waals surface area contributed by atoms with E-state index in [1.807, 2.05) is 40.9 Å². The van der Waals surface area contributed by atoms with Crippen molar-refractivity contribution in [2.45, 2.75) is 6.54 Å². The fraction of sp³-hybridized carbons (Fsp3) is 0.111. The number of methoxy groups -OCH3 is 1. The summed E-state index contributed by atoms with van der Waals surface area (Å²) >= 11 is 5.94. The van der Waals surface area contributed by atoms with Crippen molar-refractivity contribution in [1.82, 2.24) is 14.7 Å². The van der Waals surface area contributed by atoms with Gasteiger partial charge in [-0.3, -0.25) is 4.79 Å². The lowest BCUT2D eigenvalue weighted by Crippen LogP contribution is -2.20. The minimum Gasteiger partial charge on any atom is -0.497 e. The highest BCUT2D eigenvalue weighted by Gasteiger charge is 2.03. The molecule has 0 fully saturated rings. The molecule has 0 aliphatic rings. The van der Waals surface area contributed by atoms with E-state index < -0.39 is 0 Å². The molecule has 0 radical (unpaired) electrons. The summed E-state index contributed by atoms with van der Waals surface area (Å²) in [6, 6.07) is 11.1. The predicted octanol–water partition coefficient (Wildman–Crippen LogP) is 3.33. The molecule has 0 unspecified atom stereocenters. The topological polar surface area (TPSA) is 55.6 Å². The Hall–Kier alpha value is -2.79. The van der Waals surface area contributed by atoms with Crippen molar-refractivity contribution in [1.29, 1.82) is 0 Å². The number of carbonyl (C=O) groups is 1. The molecule has 0 bridgehead atoms. The molecule has 0 aliphatic carbocycles. The summed E-state index contributed by atoms with van der Waals surface area (Å²) in [5.74, 6) is 0.564. The summed E-state index contributed by atoms with van der Waals surface area (Å²) in [6.45, 7) is 0.348. The Bertz CT molecular complexity index is 902. The van der Waals surface area contributed by atoms with Gasteiger partial charge in [-0.2, -0.15) is 0 Å². The van der Waals surface area contributed by atoms with Gasteiger partial charge < -0.3 is 14.5 Å². The Morgan fingerprint density at radius 2 is 2.21 bits per heavy atom. The molecule has 6 heteroatoms. The standard InChI is InChI=1S/C18H16ClN3O2/c1-24-16-4-2-3-13(9-16)5-8-18(23)20-10-15-12-22-11-14(19)6-7-17(22)21-15/h2-9,11-12H,10H2,1H3,(H,20,23)/b8-5+. The summed E-state index contributed by atoms with van der Waals surface area (Å²) in [7, 11) is 1.61. The second-order valence-corrected chi connectivity index (χ2v) is 5.61. The van der Waals surface area contributed by atoms with Crippen LogP contribution in [-0.4, -0.2) is 22.4 Å². The van der Waals surface area contributed by atoms with E-state index in [1.165, 1.54) is 6.08 Å². The van der Waals surface area contributed by atoms with E-state index in [2.05, 4.69) is 10.3 Å². The number of ether oxygens (including phenoxy) is 1. The average molecular weight is 342 g/mol. The number of nitrogens with one attached hydrogen (secondary N) is 1. The van der Waals surface area contributed by atoms with Gasteiger partial charge in [0.05, 0.1) is 24.4 Å². The SMILES string of the molecule is COc1cccc(/C=C/C(=O)NCc2cn3cc(Cl)ccc3n2)c1. The molecule has 3 aromatic rings. The van der Waals surface area contributed by atoms with Gasteiger partial charge in [-0.05, 0) is 35.9 Å². The van der Waals surface area contributed by atoms with E-state index in [0.29, 0.717) is 11.6 Å². The normalized spacial score (nSPS) is 11.1. The summed E-state index contributed by atoms with van der Waals surface area (Å²) in [4.78, 5) is 16.3. The number of rotatable bonds is 5. The maximum Gasteiger partial charge on any atom is 0.244 e. The number of halogens is 1. The van der Waals surface area contributed by atoms with Crippen LogP contribution >= 0.6 is 11.6 Å². The van der Waals surface area contributed by atoms with E-state index in [9.17, 15) is 4.79 Å². The van der Waals surface area contributed by atoms with Crippen LogP contribution in [0.3, 0.4) is 0 Å². The average Bonchev–Trinajstić information content (AvgIpc) is 3.00. The van der Waals surface area contributed by atoms with Crippen molar-refractivity contribution in [3.8, 4) is 5.75 Å². The fourth-order valence-corrected chi connectivity index (χ4v) is 2.42. The fourth-order valence-electron chi connectivity index (χ4n) is 2.26. The molecule has 2 heterocycles. The number of pyridine rings is 1. The van der Waals surface area contributed by atoms with E-state index in [4.69, 9.17) is 16.3 Å². The number of amides is 1. The molecular weight excluding hydrogens is 326 g/mol. The summed E-state index contributed by atoms with van der Waals surface area (Å²) < 4.78 is 6.98. The largest absolute Gasteiger partial charge is 0.497 e. The molecule has 24 heavy (non-hydrogen) atoms. The minimum absolute atomic E-state index is 0.187. The van der Waals surface area contributed by atoms with Crippen molar-refractivity contribution in [3.63, 3.8) is 0 Å². The van der Waals surface area contributed by atoms with Crippen molar-refractivity contribution in [2.24, 2.45) is 0 Å². The number of fused-ring (bicyclic) bond motifs is 1. The molecule has 122 valence electrons. The van der Waals surface area contributed by atoms with Crippen molar-refractivity contribution in [3.05, 3.63) is 71.1 Å². The lowest BCUT2D eigenvalue weighted by molar-refractivity contribution is -0.116. The van der Waals surface area contributed by atoms with E-state index in [-0.39, 0.29) is 5.91 Å². The number of aromatic nitrogens is 2. The number of benzene rings is 1. The molecule has 3 rings (SSSR count). The van der Waals surface area contributed by atoms with Gasteiger partial charge in [0, 0.05) is 18.5 Å². The number of hydrogen-bond acceptors (Lipinski definition) is 3. The van der Waals surface area contributed by atoms with Crippen LogP contribution in [0.15, 0.2) is 54.9 Å². The maximum atomic E-state index is 11.9. The Kier molecular flexibility index (Phi) is 4.82. The smallest absolute Gasteiger partial charge is 0.244 e. The Morgan fingerprint density at radius 3 is 3.04 bits per heavy atom. The van der Waals surface area contributed by atoms with Gasteiger partial charge in [-0.25, -0.2) is 4.98 Å². The third-order valence-corrected chi connectivity index (χ3v) is 3.65. The summed E-state index contributed by atoms with van der Waals surface area (Å²) in [6.07, 6.45) is 6.84. The molecule has 0 aliphatic heterocycles. The van der Waals surface area contributed by atoms with Crippen LogP contribution in [0.5, 0.6) is 5.75 Å². The van der Waals surface area contributed by atoms with Crippen molar-refractivity contribution < 1.29 is 9.53 Å². The third-order valence-electron chi connectivity index (χ3n) is 3.43. The first-order chi connectivity index (χ1) is 11.6. The van der Waals surface area contributed by atoms with Gasteiger partial charge in [-0.15, -0.1) is 0 Å². The van der Waals surface area contributed by atoms with Gasteiger partial charge in [0.15, 0.2) is 0 Å². The summed E-state index contributed by atoms with van der Waals surface area (Å²) in [5, 5.41) is 3.44. The minimum atomic E-state index is -0.187. The highest BCUT2D eigenvalue weighted by atomic mass is 35.5. The van der Waals surface area contributed by atoms with Gasteiger partial charge in [0.25, 0.3) is 0 Å². The highest BCUT2D eigenvalue weighted by molar-refractivity contribution is 6.30. The Labute approximate surface area is 144 Å². The first kappa shape index (κ1) is 16.1. The zero-order valence-electron chi connectivity index (χ0n) is 13.1. The van der Waals surface area contributed by atoms with Crippen molar-refractivity contribution in [2.75, 3.05) is 7.11 Å². The predicted molar refractivity (Wildman–Crippen MR) is 94.1 cm³/mol. The number of nitrogens with zero attached hydrogens (tertiary/aromatic N) is 2. The van der Waals surface area contributed by atoms with Gasteiger partial charge in [0.2, 0.25) is 5.91 Å². The molecule has 5 nitrogen and oxygen atoms in total. The molecule has 2 aromatic heterocycles. The van der Waals surface area contributed by atoms with Crippen LogP contribution in [0, 0.1) is 0 Å². The highest BCUT2D eigenvalue weighted by Crippen LogP contribution is 2.14. The number of imidazole rings is 1. The van der Waals surface area contributed by atoms with Gasteiger partial charge >= 0.3 is 0 Å². The van der Waals surface area contributed by atoms with E-state index in [1.54, 1.807) is 25.4 Å². The van der Waals surface area contributed by atoms with E-state index in [0.717, 1.165) is 22.7 Å². The van der Waals surface area contributed by atoms with Crippen LogP contribution in [0.25, 0.3) is 11.7 Å². The quantitative estimate of drug-likeness (QED) is 0.724. The van der Waals surface area contributed by atoms with Crippen LogP contribution in [0.2, 0.25) is 5.02 Å². The molecule has 0 saturated carbocycles. The van der Waals surface area contributed by atoms with Crippen LogP contribution < -0.4 is 10.1 Å². The molecular formula is C18H16ClN3O2. The molecule has 1 N–H and O–H groups in total. The van der Waals surface area contributed by atoms with Crippen LogP contribution in [-0.2, 0) is 11.3 Å². The van der Waals surface area contributed by atoms with Crippen LogP contribution in [0.4, 0.5) is 0 Å². The Balaban J connectivity index is 1.60. The molecule has 1 amide bonds. The monoisotopic (exact) mass is 341 g/mol. The molecule has 0 atom stereocenters. The second kappa shape index (κ2) is 7.19. The third kappa shape index (κ3) is 3.94. The molecule has 0 saturated heterocycles. The zero-order valence-corrected chi connectivity index (χ0v) is 13.8. The maximum absolute atomic E-state index is 11.9. The number of hydrogen-bond donors (Lipinski definition) is 1. The first-order valence-corrected chi connectivity index (χ1v) is 7.75. The number of carbonyl (C=O) groups excluding carboxylic acids is 1. The van der Waals surface area contributed by atoms with Gasteiger partial charge in [0.1, 0.15) is 11.4 Å². The van der Waals surface area contributed by atoms with Crippen LogP contribution in [0.1, 0.15) is 11.3 Å². The lowest BCUT2D eigenvalue weighted by Gasteiger charge is -2.00. The summed E-state index contributed by atoms with van der Waals surface area (Å²) in [5.41, 5.74) is 2.45. The first-order valence-electron chi connectivity index (χ1n) is 7.37. The lowest BCUT2D eigenvalue weighted by atomic mass is 10.2. The molecule has 0 spiro atoms. The van der Waals surface area contributed by atoms with E-state index >= 15 is 0 Å². The molecule has 1 aromatic carbocycles. The zero-order chi connectivity index (χ0) is 16.9. The van der Waals surface area contributed by atoms with Gasteiger partial charge in [-0.1, -0.05) is 23.7 Å². The van der Waals surface area contributed by atoms with Crippen molar-refractivity contribution >= 4 is 29.2 Å².